The molecule has 7 heteroatoms. The van der Waals surface area contributed by atoms with E-state index in [0.717, 1.165) is 31.5 Å². The highest BCUT2D eigenvalue weighted by Gasteiger charge is 2.29. The van der Waals surface area contributed by atoms with Crippen molar-refractivity contribution in [3.8, 4) is 0 Å². The Bertz CT molecular complexity index is 440. The number of hydrogen-bond acceptors (Lipinski definition) is 4. The predicted octanol–water partition coefficient (Wildman–Crippen LogP) is 0.352. The van der Waals surface area contributed by atoms with Gasteiger partial charge in [-0.05, 0) is 12.8 Å². The van der Waals surface area contributed by atoms with Crippen molar-refractivity contribution in [2.24, 2.45) is 7.05 Å². The van der Waals surface area contributed by atoms with Crippen LogP contribution in [0.5, 0.6) is 0 Å². The van der Waals surface area contributed by atoms with Crippen LogP contribution >= 0.6 is 0 Å². The van der Waals surface area contributed by atoms with Crippen molar-refractivity contribution in [3.05, 3.63) is 12.2 Å². The van der Waals surface area contributed by atoms with Crippen LogP contribution in [0.4, 0.5) is 4.79 Å². The normalized spacial score (nSPS) is 17.7. The van der Waals surface area contributed by atoms with Gasteiger partial charge in [-0.2, -0.15) is 0 Å². The first-order chi connectivity index (χ1) is 9.59. The first kappa shape index (κ1) is 14.8. The summed E-state index contributed by atoms with van der Waals surface area (Å²) in [6.07, 6.45) is 7.05. The molecule has 0 saturated heterocycles. The Morgan fingerprint density at radius 3 is 2.80 bits per heavy atom. The molecule has 0 spiro atoms. The highest BCUT2D eigenvalue weighted by molar-refractivity contribution is 5.73. The van der Waals surface area contributed by atoms with Crippen LogP contribution in [0, 0.1) is 0 Å². The second-order valence-corrected chi connectivity index (χ2v) is 5.50. The van der Waals surface area contributed by atoms with Crippen LogP contribution in [0.1, 0.15) is 37.9 Å². The zero-order valence-corrected chi connectivity index (χ0v) is 11.9. The molecule has 1 aliphatic rings. The highest BCUT2D eigenvalue weighted by Crippen LogP contribution is 2.27. The fraction of sp³-hybridized carbons (Fsp3) is 0.769. The van der Waals surface area contributed by atoms with Gasteiger partial charge in [-0.1, -0.05) is 19.3 Å². The lowest BCUT2D eigenvalue weighted by Gasteiger charge is -2.32. The number of aromatic nitrogens is 3. The molecular formula is C13H23N5O2. The van der Waals surface area contributed by atoms with E-state index < -0.39 is 5.60 Å². The first-order valence-corrected chi connectivity index (χ1v) is 7.16. The van der Waals surface area contributed by atoms with Crippen LogP contribution in [0.25, 0.3) is 0 Å². The Morgan fingerprint density at radius 1 is 1.40 bits per heavy atom. The molecule has 1 aromatic rings. The van der Waals surface area contributed by atoms with E-state index in [1.165, 1.54) is 6.42 Å². The Kier molecular flexibility index (Phi) is 4.94. The van der Waals surface area contributed by atoms with E-state index in [9.17, 15) is 9.90 Å². The molecule has 1 fully saturated rings. The lowest BCUT2D eigenvalue weighted by Crippen LogP contribution is -2.47. The third kappa shape index (κ3) is 4.19. The van der Waals surface area contributed by atoms with E-state index in [2.05, 4.69) is 20.8 Å². The van der Waals surface area contributed by atoms with E-state index in [4.69, 9.17) is 0 Å². The highest BCUT2D eigenvalue weighted by atomic mass is 16.3. The molecule has 1 aromatic heterocycles. The Balaban J connectivity index is 1.64. The van der Waals surface area contributed by atoms with E-state index >= 15 is 0 Å². The number of carbonyl (C=O) groups is 1. The summed E-state index contributed by atoms with van der Waals surface area (Å²) in [7, 11) is 1.87. The van der Waals surface area contributed by atoms with Gasteiger partial charge in [-0.25, -0.2) is 4.79 Å². The number of aryl methyl sites for hydroxylation is 1. The van der Waals surface area contributed by atoms with Crippen molar-refractivity contribution in [1.82, 2.24) is 25.4 Å². The molecule has 2 rings (SSSR count). The zero-order valence-electron chi connectivity index (χ0n) is 11.9. The number of nitrogens with zero attached hydrogens (tertiary/aromatic N) is 3. The monoisotopic (exact) mass is 281 g/mol. The van der Waals surface area contributed by atoms with Crippen LogP contribution in [-0.2, 0) is 13.5 Å². The zero-order chi connectivity index (χ0) is 14.4. The van der Waals surface area contributed by atoms with Crippen molar-refractivity contribution < 1.29 is 9.90 Å². The van der Waals surface area contributed by atoms with Crippen LogP contribution < -0.4 is 10.6 Å². The third-order valence-corrected chi connectivity index (χ3v) is 3.80. The molecule has 1 heterocycles. The maximum Gasteiger partial charge on any atom is 0.314 e. The van der Waals surface area contributed by atoms with Gasteiger partial charge >= 0.3 is 6.03 Å². The van der Waals surface area contributed by atoms with Gasteiger partial charge in [-0.15, -0.1) is 10.2 Å². The topological polar surface area (TPSA) is 92.1 Å². The number of carbonyl (C=O) groups excluding carboxylic acids is 1. The Hall–Kier alpha value is -1.63. The maximum absolute atomic E-state index is 11.7. The standard InChI is InChI=1S/C13H23N5O2/c1-18-10-16-17-11(18)5-8-14-12(19)15-9-13(20)6-3-2-4-7-13/h10,20H,2-9H2,1H3,(H2,14,15,19). The molecule has 1 saturated carbocycles. The number of hydrogen-bond donors (Lipinski definition) is 3. The fourth-order valence-corrected chi connectivity index (χ4v) is 2.52. The van der Waals surface area contributed by atoms with Gasteiger partial charge in [-0.3, -0.25) is 0 Å². The summed E-state index contributed by atoms with van der Waals surface area (Å²) in [4.78, 5) is 11.7. The number of aliphatic hydroxyl groups is 1. The molecule has 0 atom stereocenters. The minimum atomic E-state index is -0.723. The molecule has 0 radical (unpaired) electrons. The Morgan fingerprint density at radius 2 is 2.15 bits per heavy atom. The van der Waals surface area contributed by atoms with Crippen LogP contribution in [0.15, 0.2) is 6.33 Å². The van der Waals surface area contributed by atoms with Crippen molar-refractivity contribution in [2.75, 3.05) is 13.1 Å². The number of urea groups is 1. The van der Waals surface area contributed by atoms with Crippen LogP contribution in [0.3, 0.4) is 0 Å². The molecule has 0 unspecified atom stereocenters. The minimum absolute atomic E-state index is 0.244. The number of nitrogens with one attached hydrogen (secondary N) is 2. The van der Waals surface area contributed by atoms with Crippen LogP contribution in [-0.4, -0.2) is 44.6 Å². The van der Waals surface area contributed by atoms with Crippen molar-refractivity contribution >= 4 is 6.03 Å². The molecule has 2 amide bonds. The minimum Gasteiger partial charge on any atom is -0.388 e. The molecular weight excluding hydrogens is 258 g/mol. The van der Waals surface area contributed by atoms with Crippen LogP contribution in [0.2, 0.25) is 0 Å². The second kappa shape index (κ2) is 6.69. The smallest absolute Gasteiger partial charge is 0.314 e. The molecule has 20 heavy (non-hydrogen) atoms. The summed E-state index contributed by atoms with van der Waals surface area (Å²) >= 11 is 0. The lowest BCUT2D eigenvalue weighted by atomic mass is 9.85. The van der Waals surface area contributed by atoms with Gasteiger partial charge < -0.3 is 20.3 Å². The molecule has 7 nitrogen and oxygen atoms in total. The van der Waals surface area contributed by atoms with Gasteiger partial charge in [0.2, 0.25) is 0 Å². The van der Waals surface area contributed by atoms with Gasteiger partial charge in [0.1, 0.15) is 12.2 Å². The summed E-state index contributed by atoms with van der Waals surface area (Å²) in [5, 5.41) is 23.5. The maximum atomic E-state index is 11.7. The first-order valence-electron chi connectivity index (χ1n) is 7.16. The lowest BCUT2D eigenvalue weighted by molar-refractivity contribution is 0.00720. The van der Waals surface area contributed by atoms with Gasteiger partial charge in [0.05, 0.1) is 5.60 Å². The summed E-state index contributed by atoms with van der Waals surface area (Å²) in [6, 6.07) is -0.244. The van der Waals surface area contributed by atoms with Crippen molar-refractivity contribution in [2.45, 2.75) is 44.1 Å². The average Bonchev–Trinajstić information content (AvgIpc) is 2.83. The van der Waals surface area contributed by atoms with Crippen molar-refractivity contribution in [3.63, 3.8) is 0 Å². The van der Waals surface area contributed by atoms with E-state index in [1.54, 1.807) is 6.33 Å². The van der Waals surface area contributed by atoms with E-state index in [0.29, 0.717) is 19.5 Å². The SMILES string of the molecule is Cn1cnnc1CCNC(=O)NCC1(O)CCCCC1. The third-order valence-electron chi connectivity index (χ3n) is 3.80. The van der Waals surface area contributed by atoms with Gasteiger partial charge in [0.15, 0.2) is 0 Å². The molecule has 3 N–H and O–H groups in total. The average molecular weight is 281 g/mol. The molecule has 112 valence electrons. The summed E-state index contributed by atoms with van der Waals surface area (Å²) in [5.41, 5.74) is -0.723. The molecule has 0 bridgehead atoms. The molecule has 0 aromatic carbocycles. The molecule has 0 aliphatic heterocycles. The fourth-order valence-electron chi connectivity index (χ4n) is 2.52. The van der Waals surface area contributed by atoms with E-state index in [1.807, 2.05) is 11.6 Å². The van der Waals surface area contributed by atoms with E-state index in [-0.39, 0.29) is 6.03 Å². The van der Waals surface area contributed by atoms with Gasteiger partial charge in [0.25, 0.3) is 0 Å². The predicted molar refractivity (Wildman–Crippen MR) is 74.1 cm³/mol. The number of rotatable bonds is 5. The van der Waals surface area contributed by atoms with Crippen molar-refractivity contribution in [1.29, 1.82) is 0 Å². The summed E-state index contributed by atoms with van der Waals surface area (Å²) < 4.78 is 1.82. The number of amides is 2. The second-order valence-electron chi connectivity index (χ2n) is 5.50. The summed E-state index contributed by atoms with van der Waals surface area (Å²) in [5.74, 6) is 0.830. The summed E-state index contributed by atoms with van der Waals surface area (Å²) in [6.45, 7) is 0.819. The quantitative estimate of drug-likeness (QED) is 0.726. The molecule has 1 aliphatic carbocycles. The Labute approximate surface area is 118 Å². The largest absolute Gasteiger partial charge is 0.388 e. The van der Waals surface area contributed by atoms with Gasteiger partial charge in [0, 0.05) is 26.6 Å².